The lowest BCUT2D eigenvalue weighted by molar-refractivity contribution is -0.133. The molecule has 0 aliphatic heterocycles. The average molecular weight is 392 g/mol. The number of carbonyl (C=O) groups is 1. The van der Waals surface area contributed by atoms with Crippen molar-refractivity contribution in [1.29, 1.82) is 0 Å². The highest BCUT2D eigenvalue weighted by molar-refractivity contribution is 6.31. The molecule has 6 heteroatoms. The maximum atomic E-state index is 13.1. The molecule has 1 aromatic carbocycles. The van der Waals surface area contributed by atoms with Crippen LogP contribution >= 0.6 is 11.6 Å². The Hall–Kier alpha value is -2.79. The van der Waals surface area contributed by atoms with Crippen molar-refractivity contribution in [3.63, 3.8) is 0 Å². The SMILES string of the molecule is C=Cc1c(C(=C)F)oc(C(=C)C)c1NC.C[C@@H](OC=O)c1ccccc1Cl. The molecule has 144 valence electrons. The molecule has 2 rings (SSSR count). The molecule has 1 N–H and O–H groups in total. The van der Waals surface area contributed by atoms with Crippen molar-refractivity contribution in [3.8, 4) is 0 Å². The number of furan rings is 1. The first-order valence-corrected chi connectivity index (χ1v) is 8.47. The first-order chi connectivity index (χ1) is 12.8. The predicted octanol–water partition coefficient (Wildman–Crippen LogP) is 6.51. The Bertz CT molecular complexity index is 842. The maximum Gasteiger partial charge on any atom is 0.293 e. The minimum absolute atomic E-state index is 0.104. The second-order valence-corrected chi connectivity index (χ2v) is 5.99. The molecule has 1 atom stereocenters. The molecule has 0 saturated carbocycles. The molecular weight excluding hydrogens is 369 g/mol. The zero-order valence-corrected chi connectivity index (χ0v) is 16.4. The van der Waals surface area contributed by atoms with Gasteiger partial charge in [-0.1, -0.05) is 55.6 Å². The van der Waals surface area contributed by atoms with Gasteiger partial charge in [-0.15, -0.1) is 0 Å². The number of carbonyl (C=O) groups excluding carboxylic acids is 1. The Kier molecular flexibility index (Phi) is 8.56. The third-order valence-electron chi connectivity index (χ3n) is 3.64. The van der Waals surface area contributed by atoms with E-state index in [0.29, 0.717) is 28.5 Å². The highest BCUT2D eigenvalue weighted by Crippen LogP contribution is 2.36. The molecule has 0 spiro atoms. The number of rotatable bonds is 7. The lowest BCUT2D eigenvalue weighted by atomic mass is 10.1. The Labute approximate surface area is 164 Å². The highest BCUT2D eigenvalue weighted by Gasteiger charge is 2.19. The molecule has 0 bridgehead atoms. The Morgan fingerprint density at radius 3 is 2.41 bits per heavy atom. The minimum atomic E-state index is -0.617. The van der Waals surface area contributed by atoms with Crippen molar-refractivity contribution >= 4 is 41.2 Å². The number of benzene rings is 1. The molecule has 0 unspecified atom stereocenters. The van der Waals surface area contributed by atoms with Gasteiger partial charge in [-0.25, -0.2) is 4.39 Å². The van der Waals surface area contributed by atoms with Gasteiger partial charge >= 0.3 is 0 Å². The average Bonchev–Trinajstić information content (AvgIpc) is 3.02. The van der Waals surface area contributed by atoms with Crippen molar-refractivity contribution in [2.45, 2.75) is 20.0 Å². The van der Waals surface area contributed by atoms with Crippen LogP contribution in [0.15, 0.2) is 48.4 Å². The standard InChI is InChI=1S/C12H14FNO.C9H9ClO2/c1-6-9-10(14-5)11(7(2)3)15-12(9)8(4)13;1-7(12-6-11)8-4-2-3-5-9(8)10/h6,14H,1-2,4H2,3,5H3;2-7H,1H3/t;7-/m.1/s1. The Morgan fingerprint density at radius 2 is 1.96 bits per heavy atom. The van der Waals surface area contributed by atoms with Gasteiger partial charge in [-0.2, -0.15) is 0 Å². The summed E-state index contributed by atoms with van der Waals surface area (Å²) in [5, 5.41) is 3.56. The normalized spacial score (nSPS) is 10.9. The number of allylic oxidation sites excluding steroid dienone is 1. The van der Waals surface area contributed by atoms with Crippen LogP contribution in [0.5, 0.6) is 0 Å². The summed E-state index contributed by atoms with van der Waals surface area (Å²) in [7, 11) is 1.73. The lowest BCUT2D eigenvalue weighted by Crippen LogP contribution is -1.98. The van der Waals surface area contributed by atoms with E-state index in [-0.39, 0.29) is 11.9 Å². The van der Waals surface area contributed by atoms with E-state index < -0.39 is 5.83 Å². The molecule has 4 nitrogen and oxygen atoms in total. The van der Waals surface area contributed by atoms with Crippen molar-refractivity contribution in [3.05, 3.63) is 71.7 Å². The smallest absolute Gasteiger partial charge is 0.293 e. The molecule has 0 saturated heterocycles. The van der Waals surface area contributed by atoms with Crippen LogP contribution in [0.4, 0.5) is 10.1 Å². The van der Waals surface area contributed by atoms with Crippen molar-refractivity contribution in [1.82, 2.24) is 0 Å². The van der Waals surface area contributed by atoms with Crippen molar-refractivity contribution in [2.24, 2.45) is 0 Å². The number of halogens is 2. The molecule has 0 fully saturated rings. The Balaban J connectivity index is 0.000000277. The molecular formula is C21H23ClFNO3. The van der Waals surface area contributed by atoms with Gasteiger partial charge in [0, 0.05) is 23.2 Å². The van der Waals surface area contributed by atoms with Crippen molar-refractivity contribution in [2.75, 3.05) is 12.4 Å². The van der Waals surface area contributed by atoms with E-state index in [0.717, 1.165) is 11.1 Å². The number of anilines is 1. The lowest BCUT2D eigenvalue weighted by Gasteiger charge is -2.10. The Morgan fingerprint density at radius 1 is 1.33 bits per heavy atom. The van der Waals surface area contributed by atoms with E-state index >= 15 is 0 Å². The van der Waals surface area contributed by atoms with E-state index in [4.69, 9.17) is 20.8 Å². The fourth-order valence-electron chi connectivity index (χ4n) is 2.35. The quantitative estimate of drug-likeness (QED) is 0.546. The van der Waals surface area contributed by atoms with E-state index in [1.807, 2.05) is 18.2 Å². The molecule has 1 aromatic heterocycles. The van der Waals surface area contributed by atoms with Gasteiger partial charge in [0.25, 0.3) is 6.47 Å². The maximum absolute atomic E-state index is 13.1. The second kappa shape index (κ2) is 10.4. The summed E-state index contributed by atoms with van der Waals surface area (Å²) in [6.07, 6.45) is 1.25. The van der Waals surface area contributed by atoms with Crippen LogP contribution in [0.25, 0.3) is 17.5 Å². The highest BCUT2D eigenvalue weighted by atomic mass is 35.5. The van der Waals surface area contributed by atoms with E-state index in [1.165, 1.54) is 6.08 Å². The summed E-state index contributed by atoms with van der Waals surface area (Å²) in [5.41, 5.74) is 2.80. The van der Waals surface area contributed by atoms with Gasteiger partial charge in [-0.05, 0) is 25.5 Å². The van der Waals surface area contributed by atoms with Crippen LogP contribution in [0.1, 0.15) is 42.6 Å². The van der Waals surface area contributed by atoms with Gasteiger partial charge in [-0.3, -0.25) is 4.79 Å². The zero-order chi connectivity index (χ0) is 20.6. The fraction of sp³-hybridized carbons (Fsp3) is 0.190. The summed E-state index contributed by atoms with van der Waals surface area (Å²) < 4.78 is 23.2. The first kappa shape index (κ1) is 22.3. The number of ether oxygens (including phenoxy) is 1. The second-order valence-electron chi connectivity index (χ2n) is 5.58. The largest absolute Gasteiger partial charge is 0.460 e. The first-order valence-electron chi connectivity index (χ1n) is 8.09. The topological polar surface area (TPSA) is 51.5 Å². The van der Waals surface area contributed by atoms with Gasteiger partial charge in [0.15, 0.2) is 17.3 Å². The van der Waals surface area contributed by atoms with E-state index in [1.54, 1.807) is 27.0 Å². The molecule has 0 aliphatic rings. The third kappa shape index (κ3) is 5.59. The molecule has 1 heterocycles. The number of hydrogen-bond donors (Lipinski definition) is 1. The zero-order valence-electron chi connectivity index (χ0n) is 15.6. The van der Waals surface area contributed by atoms with Gasteiger partial charge in [0.2, 0.25) is 0 Å². The fourth-order valence-corrected chi connectivity index (χ4v) is 2.64. The minimum Gasteiger partial charge on any atom is -0.460 e. The summed E-state index contributed by atoms with van der Waals surface area (Å²) >= 11 is 5.86. The van der Waals surface area contributed by atoms with Crippen LogP contribution in [0.2, 0.25) is 5.02 Å². The molecule has 0 aliphatic carbocycles. The van der Waals surface area contributed by atoms with Crippen LogP contribution in [-0.2, 0) is 9.53 Å². The molecule has 0 radical (unpaired) electrons. The number of nitrogens with one attached hydrogen (secondary N) is 1. The summed E-state index contributed by atoms with van der Waals surface area (Å²) in [5.74, 6) is 0.0162. The van der Waals surface area contributed by atoms with Gasteiger partial charge < -0.3 is 14.5 Å². The van der Waals surface area contributed by atoms with Crippen molar-refractivity contribution < 1.29 is 18.3 Å². The van der Waals surface area contributed by atoms with Crippen LogP contribution < -0.4 is 5.32 Å². The van der Waals surface area contributed by atoms with Gasteiger partial charge in [0.1, 0.15) is 6.10 Å². The van der Waals surface area contributed by atoms with Crippen LogP contribution in [-0.4, -0.2) is 13.5 Å². The van der Waals surface area contributed by atoms with Crippen LogP contribution in [0, 0.1) is 0 Å². The molecule has 2 aromatic rings. The molecule has 0 amide bonds. The summed E-state index contributed by atoms with van der Waals surface area (Å²) in [4.78, 5) is 10.0. The van der Waals surface area contributed by atoms with Gasteiger partial charge in [0.05, 0.1) is 5.69 Å². The summed E-state index contributed by atoms with van der Waals surface area (Å²) in [6.45, 7) is 14.6. The van der Waals surface area contributed by atoms with E-state index in [9.17, 15) is 9.18 Å². The third-order valence-corrected chi connectivity index (χ3v) is 3.98. The monoisotopic (exact) mass is 391 g/mol. The molecule has 27 heavy (non-hydrogen) atoms. The van der Waals surface area contributed by atoms with Crippen LogP contribution in [0.3, 0.4) is 0 Å². The van der Waals surface area contributed by atoms with E-state index in [2.05, 4.69) is 25.1 Å². The summed E-state index contributed by atoms with van der Waals surface area (Å²) in [6, 6.07) is 7.28. The predicted molar refractivity (Wildman–Crippen MR) is 110 cm³/mol. The number of hydrogen-bond acceptors (Lipinski definition) is 4.